The molecule has 1 aliphatic rings. The molecule has 0 aliphatic carbocycles. The molecule has 8 aromatic rings. The van der Waals surface area contributed by atoms with Crippen LogP contribution in [0.15, 0.2) is 128 Å². The summed E-state index contributed by atoms with van der Waals surface area (Å²) in [5.41, 5.74) is 6.62. The maximum atomic E-state index is 16.6. The number of nitrogens with zero attached hydrogens (tertiary/aromatic N) is 4. The molecule has 0 radical (unpaired) electrons. The van der Waals surface area contributed by atoms with Crippen LogP contribution in [-0.4, -0.2) is 23.3 Å². The molecule has 5 aromatic carbocycles. The third-order valence-corrected chi connectivity index (χ3v) is 10.0. The fraction of sp³-hybridized carbons (Fsp3) is 0.0789. The van der Waals surface area contributed by atoms with Crippen LogP contribution in [-0.2, 0) is 0 Å². The summed E-state index contributed by atoms with van der Waals surface area (Å²) in [6.07, 6.45) is 0.534. The van der Waals surface area contributed by atoms with Gasteiger partial charge in [-0.1, -0.05) is 66.7 Å². The molecule has 0 saturated heterocycles. The zero-order chi connectivity index (χ0) is 29.4. The van der Waals surface area contributed by atoms with Gasteiger partial charge in [0.05, 0.1) is 29.1 Å². The number of pyridine rings is 1. The maximum Gasteiger partial charge on any atom is 0.150 e. The molecular formula is C38H27FN4S. The van der Waals surface area contributed by atoms with Crippen LogP contribution >= 0.6 is 11.3 Å². The van der Waals surface area contributed by atoms with Crippen molar-refractivity contribution in [2.75, 3.05) is 23.5 Å². The number of aromatic nitrogens is 2. The fourth-order valence-corrected chi connectivity index (χ4v) is 7.96. The first-order chi connectivity index (χ1) is 21.7. The van der Waals surface area contributed by atoms with E-state index in [-0.39, 0.29) is 0 Å². The molecule has 0 saturated carbocycles. The van der Waals surface area contributed by atoms with E-state index >= 15 is 4.39 Å². The number of hydrogen-bond donors (Lipinski definition) is 0. The Hall–Kier alpha value is -5.20. The number of para-hydroxylation sites is 2. The smallest absolute Gasteiger partial charge is 0.150 e. The van der Waals surface area contributed by atoms with Crippen LogP contribution in [0.3, 0.4) is 0 Å². The quantitative estimate of drug-likeness (QED) is 0.204. The van der Waals surface area contributed by atoms with Crippen molar-refractivity contribution >= 4 is 70.4 Å². The molecule has 0 amide bonds. The summed E-state index contributed by atoms with van der Waals surface area (Å²) in [4.78, 5) is 9.22. The molecule has 212 valence electrons. The van der Waals surface area contributed by atoms with Crippen LogP contribution < -0.4 is 9.80 Å². The third kappa shape index (κ3) is 3.71. The molecule has 44 heavy (non-hydrogen) atoms. The van der Waals surface area contributed by atoms with Crippen LogP contribution in [0.2, 0.25) is 0 Å². The number of fused-ring (bicyclic) bond motifs is 8. The average Bonchev–Trinajstić information content (AvgIpc) is 3.73. The van der Waals surface area contributed by atoms with Crippen molar-refractivity contribution in [1.82, 2.24) is 9.55 Å². The molecule has 9 rings (SSSR count). The van der Waals surface area contributed by atoms with E-state index in [1.54, 1.807) is 11.3 Å². The first-order valence-corrected chi connectivity index (χ1v) is 15.6. The number of rotatable bonds is 4. The first-order valence-electron chi connectivity index (χ1n) is 14.8. The van der Waals surface area contributed by atoms with Crippen molar-refractivity contribution in [3.8, 4) is 5.82 Å². The Morgan fingerprint density at radius 1 is 0.705 bits per heavy atom. The van der Waals surface area contributed by atoms with Crippen molar-refractivity contribution in [2.45, 2.75) is 6.17 Å². The zero-order valence-electron chi connectivity index (χ0n) is 24.0. The summed E-state index contributed by atoms with van der Waals surface area (Å²) in [6, 6.07) is 41.2. The van der Waals surface area contributed by atoms with Crippen molar-refractivity contribution in [1.29, 1.82) is 0 Å². The van der Waals surface area contributed by atoms with E-state index in [9.17, 15) is 0 Å². The number of halogens is 1. The van der Waals surface area contributed by atoms with E-state index in [2.05, 4.69) is 94.2 Å². The summed E-state index contributed by atoms with van der Waals surface area (Å²) >= 11 is 1.80. The van der Waals surface area contributed by atoms with Gasteiger partial charge in [-0.2, -0.15) is 0 Å². The Bertz CT molecular complexity index is 2370. The molecule has 4 heterocycles. The van der Waals surface area contributed by atoms with Gasteiger partial charge in [0.15, 0.2) is 6.17 Å². The van der Waals surface area contributed by atoms with E-state index < -0.39 is 6.17 Å². The van der Waals surface area contributed by atoms with Crippen molar-refractivity contribution in [3.63, 3.8) is 0 Å². The molecule has 0 fully saturated rings. The van der Waals surface area contributed by atoms with Gasteiger partial charge in [0.2, 0.25) is 0 Å². The molecule has 1 aliphatic heterocycles. The highest BCUT2D eigenvalue weighted by molar-refractivity contribution is 7.26. The summed E-state index contributed by atoms with van der Waals surface area (Å²) in [7, 11) is 2.09. The lowest BCUT2D eigenvalue weighted by atomic mass is 10.00. The topological polar surface area (TPSA) is 24.3 Å². The zero-order valence-corrected chi connectivity index (χ0v) is 24.8. The van der Waals surface area contributed by atoms with Gasteiger partial charge in [0.25, 0.3) is 0 Å². The fourth-order valence-electron chi connectivity index (χ4n) is 6.85. The predicted molar refractivity (Wildman–Crippen MR) is 183 cm³/mol. The van der Waals surface area contributed by atoms with E-state index in [4.69, 9.17) is 4.98 Å². The van der Waals surface area contributed by atoms with Crippen LogP contribution in [0.25, 0.3) is 47.8 Å². The van der Waals surface area contributed by atoms with Crippen LogP contribution in [0.5, 0.6) is 0 Å². The average molecular weight is 591 g/mol. The van der Waals surface area contributed by atoms with Gasteiger partial charge in [-0.25, -0.2) is 9.37 Å². The second-order valence-electron chi connectivity index (χ2n) is 11.4. The summed E-state index contributed by atoms with van der Waals surface area (Å²) in [5.74, 6) is 0.821. The molecule has 1 unspecified atom stereocenters. The standard InChI is InChI=1S/C38H27FN4S/c1-41-23-42(31-13-4-3-12-30(31)41)26-10-8-9-24(21-26)37(39)25-16-17-27-28-18-19-34-36(29-11-2-5-14-33(29)44-34)38(28)43(32(27)22-25)35-15-6-7-20-40-35/h2-22,37H,23H2,1H3. The van der Waals surface area contributed by atoms with Gasteiger partial charge in [-0.05, 0) is 65.7 Å². The van der Waals surface area contributed by atoms with Crippen LogP contribution in [0.4, 0.5) is 21.5 Å². The van der Waals surface area contributed by atoms with Crippen LogP contribution in [0, 0.1) is 0 Å². The molecule has 0 bridgehead atoms. The van der Waals surface area contributed by atoms with Crippen molar-refractivity contribution < 1.29 is 4.39 Å². The lowest BCUT2D eigenvalue weighted by molar-refractivity contribution is 0.402. The molecule has 0 spiro atoms. The Balaban J connectivity index is 1.22. The summed E-state index contributed by atoms with van der Waals surface area (Å²) in [6.45, 7) is 0.724. The lowest BCUT2D eigenvalue weighted by Gasteiger charge is -2.21. The Labute approximate surface area is 257 Å². The normalized spacial score (nSPS) is 13.9. The molecular weight excluding hydrogens is 564 g/mol. The maximum absolute atomic E-state index is 16.6. The van der Waals surface area contributed by atoms with E-state index in [1.165, 1.54) is 25.9 Å². The van der Waals surface area contributed by atoms with Crippen molar-refractivity contribution in [2.24, 2.45) is 0 Å². The molecule has 0 N–H and O–H groups in total. The Kier molecular flexibility index (Phi) is 5.56. The van der Waals surface area contributed by atoms with Crippen LogP contribution in [0.1, 0.15) is 17.3 Å². The summed E-state index contributed by atoms with van der Waals surface area (Å²) in [5, 5.41) is 4.67. The monoisotopic (exact) mass is 590 g/mol. The van der Waals surface area contributed by atoms with Gasteiger partial charge in [0, 0.05) is 49.9 Å². The highest BCUT2D eigenvalue weighted by atomic mass is 32.1. The highest BCUT2D eigenvalue weighted by Gasteiger charge is 2.25. The Morgan fingerprint density at radius 2 is 1.50 bits per heavy atom. The van der Waals surface area contributed by atoms with Gasteiger partial charge < -0.3 is 9.80 Å². The van der Waals surface area contributed by atoms with E-state index in [1.807, 2.05) is 54.7 Å². The largest absolute Gasteiger partial charge is 0.355 e. The molecule has 6 heteroatoms. The predicted octanol–water partition coefficient (Wildman–Crippen LogP) is 10.2. The van der Waals surface area contributed by atoms with Gasteiger partial charge >= 0.3 is 0 Å². The first kappa shape index (κ1) is 25.3. The van der Waals surface area contributed by atoms with E-state index in [0.29, 0.717) is 11.1 Å². The van der Waals surface area contributed by atoms with Gasteiger partial charge in [-0.15, -0.1) is 11.3 Å². The second kappa shape index (κ2) is 9.66. The Morgan fingerprint density at radius 3 is 2.39 bits per heavy atom. The number of alkyl halides is 1. The van der Waals surface area contributed by atoms with Gasteiger partial charge in [0.1, 0.15) is 5.82 Å². The minimum Gasteiger partial charge on any atom is -0.355 e. The molecule has 4 nitrogen and oxygen atoms in total. The number of thiophene rings is 1. The SMILES string of the molecule is CN1CN(c2cccc(C(F)c3ccc4c5ccc6sc7ccccc7c6c5n(-c5ccccn5)c4c3)c2)c2ccccc21. The third-order valence-electron chi connectivity index (χ3n) is 8.88. The minimum atomic E-state index is -1.29. The van der Waals surface area contributed by atoms with Crippen molar-refractivity contribution in [3.05, 3.63) is 139 Å². The number of anilines is 3. The lowest BCUT2D eigenvalue weighted by Crippen LogP contribution is -2.24. The number of hydrogen-bond acceptors (Lipinski definition) is 4. The second-order valence-corrected chi connectivity index (χ2v) is 12.5. The molecule has 3 aromatic heterocycles. The molecule has 1 atom stereocenters. The number of benzene rings is 5. The summed E-state index contributed by atoms with van der Waals surface area (Å²) < 4.78 is 21.3. The van der Waals surface area contributed by atoms with Gasteiger partial charge in [-0.3, -0.25) is 4.57 Å². The minimum absolute atomic E-state index is 0.625. The van der Waals surface area contributed by atoms with E-state index in [0.717, 1.165) is 45.7 Å². The highest BCUT2D eigenvalue weighted by Crippen LogP contribution is 2.44.